The van der Waals surface area contributed by atoms with Crippen molar-refractivity contribution >= 4 is 16.7 Å². The molecule has 2 aliphatic rings. The van der Waals surface area contributed by atoms with E-state index >= 15 is 0 Å². The van der Waals surface area contributed by atoms with Gasteiger partial charge in [-0.05, 0) is 37.0 Å². The van der Waals surface area contributed by atoms with Gasteiger partial charge < -0.3 is 26.3 Å². The smallest absolute Gasteiger partial charge is 0.225 e. The summed E-state index contributed by atoms with van der Waals surface area (Å²) in [4.78, 5) is 11.7. The number of morpholine rings is 1. The summed E-state index contributed by atoms with van der Waals surface area (Å²) in [7, 11) is 0. The number of nitrogens with zero attached hydrogens (tertiary/aromatic N) is 6. The van der Waals surface area contributed by atoms with E-state index in [2.05, 4.69) is 30.5 Å². The lowest BCUT2D eigenvalue weighted by atomic mass is 9.94. The van der Waals surface area contributed by atoms with E-state index in [0.717, 1.165) is 61.1 Å². The maximum atomic E-state index is 6.39. The van der Waals surface area contributed by atoms with Crippen molar-refractivity contribution in [3.8, 4) is 17.3 Å². The molecule has 4 heterocycles. The second kappa shape index (κ2) is 8.86. The third-order valence-electron chi connectivity index (χ3n) is 5.57. The van der Waals surface area contributed by atoms with Crippen molar-refractivity contribution in [3.63, 3.8) is 0 Å². The van der Waals surface area contributed by atoms with Gasteiger partial charge in [0.2, 0.25) is 11.7 Å². The van der Waals surface area contributed by atoms with Crippen LogP contribution in [-0.4, -0.2) is 69.0 Å². The molecule has 0 aromatic carbocycles. The minimum atomic E-state index is 0. The van der Waals surface area contributed by atoms with Gasteiger partial charge in [0.15, 0.2) is 0 Å². The molecular formula is C19H27N9O2. The summed E-state index contributed by atoms with van der Waals surface area (Å²) in [6.45, 7) is 3.00. The first-order valence-electron chi connectivity index (χ1n) is 10.1. The Labute approximate surface area is 173 Å². The van der Waals surface area contributed by atoms with Gasteiger partial charge in [-0.3, -0.25) is 4.98 Å². The number of H-pyrrole nitrogens is 1. The van der Waals surface area contributed by atoms with Gasteiger partial charge in [0.25, 0.3) is 0 Å². The van der Waals surface area contributed by atoms with Crippen molar-refractivity contribution in [2.24, 2.45) is 5.73 Å². The number of rotatable bonds is 4. The summed E-state index contributed by atoms with van der Waals surface area (Å²) in [6, 6.07) is 4.24. The van der Waals surface area contributed by atoms with Gasteiger partial charge in [-0.25, -0.2) is 0 Å². The number of aromatic nitrogens is 6. The Balaban J connectivity index is 0.00000218. The van der Waals surface area contributed by atoms with E-state index in [9.17, 15) is 0 Å². The number of tetrazole rings is 1. The van der Waals surface area contributed by atoms with Crippen molar-refractivity contribution in [1.29, 1.82) is 0 Å². The molecule has 0 unspecified atom stereocenters. The molecule has 6 N–H and O–H groups in total. The number of anilines is 1. The van der Waals surface area contributed by atoms with Crippen LogP contribution in [0.2, 0.25) is 0 Å². The highest BCUT2D eigenvalue weighted by atomic mass is 16.5. The SMILES string of the molecule is N.NC1CCC(Oc2nc(N3CCOCC3)cc3ncc(-c4nn[nH]n4)cc23)CC1. The third kappa shape index (κ3) is 4.18. The topological polar surface area (TPSA) is 163 Å². The van der Waals surface area contributed by atoms with Gasteiger partial charge in [-0.2, -0.15) is 10.2 Å². The van der Waals surface area contributed by atoms with Crippen LogP contribution in [0.4, 0.5) is 5.82 Å². The first-order valence-corrected chi connectivity index (χ1v) is 10.1. The molecule has 11 nitrogen and oxygen atoms in total. The second-order valence-corrected chi connectivity index (χ2v) is 7.57. The third-order valence-corrected chi connectivity index (χ3v) is 5.57. The highest BCUT2D eigenvalue weighted by molar-refractivity contribution is 5.88. The standard InChI is InChI=1S/C19H24N8O2.H3N/c20-13-1-3-14(4-2-13)29-19-15-9-12(18-23-25-26-24-18)11-21-16(15)10-17(22-19)27-5-7-28-8-6-27;/h9-11,13-14H,1-8,20H2,(H,23,24,25,26);1H3. The molecule has 160 valence electrons. The predicted molar refractivity (Wildman–Crippen MR) is 112 cm³/mol. The molecule has 2 fully saturated rings. The minimum Gasteiger partial charge on any atom is -0.474 e. The normalized spacial score (nSPS) is 22.0. The number of hydrogen-bond donors (Lipinski definition) is 3. The Kier molecular flexibility index (Phi) is 6.02. The minimum absolute atomic E-state index is 0. The van der Waals surface area contributed by atoms with Crippen molar-refractivity contribution in [3.05, 3.63) is 18.3 Å². The number of pyridine rings is 2. The summed E-state index contributed by atoms with van der Waals surface area (Å²) in [5.74, 6) is 1.96. The van der Waals surface area contributed by atoms with E-state index in [0.29, 0.717) is 24.9 Å². The van der Waals surface area contributed by atoms with Crippen LogP contribution in [0.3, 0.4) is 0 Å². The van der Waals surface area contributed by atoms with E-state index in [4.69, 9.17) is 20.2 Å². The molecule has 11 heteroatoms. The van der Waals surface area contributed by atoms with Crippen LogP contribution in [0.15, 0.2) is 18.3 Å². The van der Waals surface area contributed by atoms with E-state index in [1.165, 1.54) is 0 Å². The number of nitrogens with two attached hydrogens (primary N) is 1. The molecule has 0 amide bonds. The fourth-order valence-corrected chi connectivity index (χ4v) is 3.90. The number of hydrogen-bond acceptors (Lipinski definition) is 10. The highest BCUT2D eigenvalue weighted by Gasteiger charge is 2.23. The van der Waals surface area contributed by atoms with E-state index in [1.807, 2.05) is 12.1 Å². The fourth-order valence-electron chi connectivity index (χ4n) is 3.90. The molecule has 3 aromatic rings. The van der Waals surface area contributed by atoms with Crippen molar-refractivity contribution in [2.75, 3.05) is 31.2 Å². The molecule has 30 heavy (non-hydrogen) atoms. The van der Waals surface area contributed by atoms with Crippen LogP contribution < -0.4 is 21.5 Å². The zero-order valence-electron chi connectivity index (χ0n) is 16.8. The van der Waals surface area contributed by atoms with Gasteiger partial charge in [0.05, 0.1) is 24.1 Å². The largest absolute Gasteiger partial charge is 0.474 e. The fraction of sp³-hybridized carbons (Fsp3) is 0.526. The Hall–Kier alpha value is -2.89. The molecule has 0 atom stereocenters. The van der Waals surface area contributed by atoms with E-state index < -0.39 is 0 Å². The molecule has 1 aliphatic carbocycles. The maximum Gasteiger partial charge on any atom is 0.225 e. The van der Waals surface area contributed by atoms with Gasteiger partial charge in [-0.15, -0.1) is 10.2 Å². The zero-order chi connectivity index (χ0) is 19.6. The van der Waals surface area contributed by atoms with E-state index in [-0.39, 0.29) is 18.3 Å². The molecule has 5 rings (SSSR count). The Morgan fingerprint density at radius 2 is 1.93 bits per heavy atom. The molecule has 1 saturated heterocycles. The Morgan fingerprint density at radius 3 is 2.67 bits per heavy atom. The Morgan fingerprint density at radius 1 is 1.13 bits per heavy atom. The summed E-state index contributed by atoms with van der Waals surface area (Å²) < 4.78 is 11.9. The molecule has 1 saturated carbocycles. The van der Waals surface area contributed by atoms with E-state index in [1.54, 1.807) is 6.20 Å². The number of ether oxygens (including phenoxy) is 2. The molecule has 0 bridgehead atoms. The van der Waals surface area contributed by atoms with Crippen LogP contribution in [0.5, 0.6) is 5.88 Å². The quantitative estimate of drug-likeness (QED) is 0.570. The first-order chi connectivity index (χ1) is 14.3. The van der Waals surface area contributed by atoms with Crippen molar-refractivity contribution in [1.82, 2.24) is 36.7 Å². The van der Waals surface area contributed by atoms with Crippen molar-refractivity contribution in [2.45, 2.75) is 37.8 Å². The lowest BCUT2D eigenvalue weighted by Gasteiger charge is -2.30. The van der Waals surface area contributed by atoms with Crippen LogP contribution in [0.1, 0.15) is 25.7 Å². The molecular weight excluding hydrogens is 386 g/mol. The lowest BCUT2D eigenvalue weighted by Crippen LogP contribution is -2.37. The summed E-state index contributed by atoms with van der Waals surface area (Å²) in [5.41, 5.74) is 7.65. The van der Waals surface area contributed by atoms with Crippen LogP contribution in [0, 0.1) is 0 Å². The van der Waals surface area contributed by atoms with Gasteiger partial charge in [0, 0.05) is 37.0 Å². The van der Waals surface area contributed by atoms with Crippen molar-refractivity contribution < 1.29 is 9.47 Å². The van der Waals surface area contributed by atoms with Gasteiger partial charge in [0.1, 0.15) is 11.9 Å². The highest BCUT2D eigenvalue weighted by Crippen LogP contribution is 2.32. The predicted octanol–water partition coefficient (Wildman–Crippen LogP) is 1.46. The average molecular weight is 413 g/mol. The van der Waals surface area contributed by atoms with Gasteiger partial charge >= 0.3 is 0 Å². The Bertz CT molecular complexity index is 968. The van der Waals surface area contributed by atoms with Crippen LogP contribution >= 0.6 is 0 Å². The first kappa shape index (κ1) is 20.4. The monoisotopic (exact) mass is 413 g/mol. The summed E-state index contributed by atoms with van der Waals surface area (Å²) in [6.07, 6.45) is 5.67. The number of aromatic amines is 1. The van der Waals surface area contributed by atoms with Crippen LogP contribution in [-0.2, 0) is 4.74 Å². The second-order valence-electron chi connectivity index (χ2n) is 7.57. The molecule has 1 aliphatic heterocycles. The maximum absolute atomic E-state index is 6.39. The molecule has 3 aromatic heterocycles. The number of nitrogens with one attached hydrogen (secondary N) is 1. The molecule has 0 radical (unpaired) electrons. The van der Waals surface area contributed by atoms with Gasteiger partial charge in [-0.1, -0.05) is 0 Å². The van der Waals surface area contributed by atoms with Crippen LogP contribution in [0.25, 0.3) is 22.3 Å². The lowest BCUT2D eigenvalue weighted by molar-refractivity contribution is 0.122. The molecule has 0 spiro atoms. The number of fused-ring (bicyclic) bond motifs is 1. The summed E-state index contributed by atoms with van der Waals surface area (Å²) >= 11 is 0. The average Bonchev–Trinajstić information content (AvgIpc) is 3.30. The summed E-state index contributed by atoms with van der Waals surface area (Å²) in [5, 5.41) is 15.1. The zero-order valence-corrected chi connectivity index (χ0v) is 16.8.